The zero-order valence-corrected chi connectivity index (χ0v) is 4.14. The van der Waals surface area contributed by atoms with Crippen molar-refractivity contribution in [1.29, 1.82) is 0 Å². The molecule has 0 rings (SSSR count). The van der Waals surface area contributed by atoms with Gasteiger partial charge in [-0.1, -0.05) is 0 Å². The summed E-state index contributed by atoms with van der Waals surface area (Å²) in [5.74, 6) is 0. The zero-order chi connectivity index (χ0) is 5.70. The Kier molecular flexibility index (Phi) is 3.10. The van der Waals surface area contributed by atoms with Crippen molar-refractivity contribution in [2.45, 2.75) is 0 Å². The first-order chi connectivity index (χ1) is 3.31. The molecule has 0 N–H and O–H groups in total. The van der Waals surface area contributed by atoms with E-state index in [2.05, 4.69) is 16.4 Å². The van der Waals surface area contributed by atoms with E-state index >= 15 is 0 Å². The number of hydrogen-bond donors (Lipinski definition) is 0. The highest BCUT2D eigenvalue weighted by molar-refractivity contribution is 5.59. The Labute approximate surface area is 42.2 Å². The van der Waals surface area contributed by atoms with E-state index in [1.807, 2.05) is 0 Å². The second-order valence-electron chi connectivity index (χ2n) is 0.803. The number of rotatable bonds is 1. The molecule has 0 unspecified atom stereocenters. The molecule has 3 heteroatoms. The van der Waals surface area contributed by atoms with Gasteiger partial charge in [-0.2, -0.15) is 0 Å². The van der Waals surface area contributed by atoms with Crippen molar-refractivity contribution < 1.29 is 14.3 Å². The minimum Gasteiger partial charge on any atom is -0.438 e. The van der Waals surface area contributed by atoms with E-state index < -0.39 is 6.16 Å². The van der Waals surface area contributed by atoms with Crippen LogP contribution in [-0.2, 0) is 9.47 Å². The van der Waals surface area contributed by atoms with Gasteiger partial charge in [0.1, 0.15) is 0 Å². The molecule has 1 radical (unpaired) electrons. The van der Waals surface area contributed by atoms with Gasteiger partial charge >= 0.3 is 6.16 Å². The van der Waals surface area contributed by atoms with Gasteiger partial charge in [0.25, 0.3) is 0 Å². The lowest BCUT2D eigenvalue weighted by Crippen LogP contribution is -2.02. The second kappa shape index (κ2) is 3.46. The molecule has 7 heavy (non-hydrogen) atoms. The van der Waals surface area contributed by atoms with Gasteiger partial charge in [0.15, 0.2) is 0 Å². The Morgan fingerprint density at radius 3 is 2.57 bits per heavy atom. The monoisotopic (exact) mass is 103 g/mol. The molecular formula is C4H7O3. The highest BCUT2D eigenvalue weighted by Gasteiger charge is 1.92. The van der Waals surface area contributed by atoms with Gasteiger partial charge in [-0.25, -0.2) is 4.79 Å². The summed E-state index contributed by atoms with van der Waals surface area (Å²) in [6, 6.07) is 0. The summed E-state index contributed by atoms with van der Waals surface area (Å²) in [6.45, 7) is 3.37. The molecule has 0 aromatic rings. The summed E-state index contributed by atoms with van der Waals surface area (Å²) >= 11 is 0. The lowest BCUT2D eigenvalue weighted by Gasteiger charge is -1.94. The quantitative estimate of drug-likeness (QED) is 0.456. The van der Waals surface area contributed by atoms with Crippen LogP contribution in [0.4, 0.5) is 4.79 Å². The van der Waals surface area contributed by atoms with Crippen molar-refractivity contribution in [1.82, 2.24) is 0 Å². The van der Waals surface area contributed by atoms with E-state index in [9.17, 15) is 4.79 Å². The molecule has 0 saturated heterocycles. The van der Waals surface area contributed by atoms with E-state index in [4.69, 9.17) is 0 Å². The van der Waals surface area contributed by atoms with Gasteiger partial charge in [0, 0.05) is 0 Å². The highest BCUT2D eigenvalue weighted by Crippen LogP contribution is 1.77. The number of carbonyl (C=O) groups excluding carboxylic acids is 1. The molecule has 0 atom stereocenters. The molecule has 0 amide bonds. The van der Waals surface area contributed by atoms with E-state index in [0.29, 0.717) is 0 Å². The molecule has 0 aromatic carbocycles. The molecule has 0 saturated carbocycles. The lowest BCUT2D eigenvalue weighted by molar-refractivity contribution is 0.0814. The van der Waals surface area contributed by atoms with Crippen LogP contribution in [0.25, 0.3) is 0 Å². The maximum atomic E-state index is 9.93. The number of hydrogen-bond acceptors (Lipinski definition) is 3. The number of methoxy groups -OCH3 is 1. The third kappa shape index (κ3) is 3.09. The molecule has 0 aliphatic heterocycles. The minimum atomic E-state index is -0.685. The SMILES string of the molecule is [CH2]COC(=O)OC. The maximum Gasteiger partial charge on any atom is 0.507 e. The van der Waals surface area contributed by atoms with Crippen molar-refractivity contribution in [2.24, 2.45) is 0 Å². The average molecular weight is 103 g/mol. The summed E-state index contributed by atoms with van der Waals surface area (Å²) in [5, 5.41) is 0. The Hall–Kier alpha value is -0.730. The number of carbonyl (C=O) groups is 1. The van der Waals surface area contributed by atoms with Crippen LogP contribution in [0.2, 0.25) is 0 Å². The normalized spacial score (nSPS) is 7.71. The van der Waals surface area contributed by atoms with Crippen LogP contribution in [0.3, 0.4) is 0 Å². The largest absolute Gasteiger partial charge is 0.507 e. The molecule has 0 aromatic heterocycles. The van der Waals surface area contributed by atoms with Gasteiger partial charge in [0.05, 0.1) is 13.7 Å². The fourth-order valence-electron chi connectivity index (χ4n) is 0.142. The fraction of sp³-hybridized carbons (Fsp3) is 0.500. The van der Waals surface area contributed by atoms with Crippen LogP contribution < -0.4 is 0 Å². The number of ether oxygens (including phenoxy) is 2. The van der Waals surface area contributed by atoms with Crippen LogP contribution in [0.1, 0.15) is 0 Å². The van der Waals surface area contributed by atoms with E-state index in [0.717, 1.165) is 0 Å². The van der Waals surface area contributed by atoms with E-state index in [-0.39, 0.29) is 6.61 Å². The second-order valence-corrected chi connectivity index (χ2v) is 0.803. The Bertz CT molecular complexity index is 60.0. The van der Waals surface area contributed by atoms with Crippen LogP contribution in [0, 0.1) is 6.92 Å². The smallest absolute Gasteiger partial charge is 0.438 e. The first-order valence-electron chi connectivity index (χ1n) is 1.81. The third-order valence-corrected chi connectivity index (χ3v) is 0.387. The summed E-state index contributed by atoms with van der Waals surface area (Å²) in [4.78, 5) is 9.93. The lowest BCUT2D eigenvalue weighted by atomic mass is 10.9. The molecule has 0 heterocycles. The van der Waals surface area contributed by atoms with Crippen LogP contribution >= 0.6 is 0 Å². The molecule has 3 nitrogen and oxygen atoms in total. The summed E-state index contributed by atoms with van der Waals surface area (Å²) in [6.07, 6.45) is -0.685. The molecule has 0 bridgehead atoms. The topological polar surface area (TPSA) is 35.5 Å². The van der Waals surface area contributed by atoms with Crippen molar-refractivity contribution in [3.05, 3.63) is 6.92 Å². The van der Waals surface area contributed by atoms with Gasteiger partial charge in [0.2, 0.25) is 0 Å². The first kappa shape index (κ1) is 6.27. The maximum absolute atomic E-state index is 9.93. The van der Waals surface area contributed by atoms with Crippen LogP contribution in [0.15, 0.2) is 0 Å². The summed E-state index contributed by atoms with van der Waals surface area (Å²) in [5.41, 5.74) is 0. The minimum absolute atomic E-state index is 0.118. The van der Waals surface area contributed by atoms with Gasteiger partial charge in [-0.05, 0) is 6.92 Å². The van der Waals surface area contributed by atoms with Crippen molar-refractivity contribution in [2.75, 3.05) is 13.7 Å². The zero-order valence-electron chi connectivity index (χ0n) is 4.14. The highest BCUT2D eigenvalue weighted by atomic mass is 16.7. The van der Waals surface area contributed by atoms with Crippen molar-refractivity contribution in [3.63, 3.8) is 0 Å². The van der Waals surface area contributed by atoms with Crippen molar-refractivity contribution >= 4 is 6.16 Å². The Morgan fingerprint density at radius 1 is 1.86 bits per heavy atom. The molecule has 0 aliphatic carbocycles. The molecule has 0 spiro atoms. The van der Waals surface area contributed by atoms with Crippen LogP contribution in [-0.4, -0.2) is 19.9 Å². The summed E-state index contributed by atoms with van der Waals surface area (Å²) in [7, 11) is 1.25. The molecule has 41 valence electrons. The molecule has 0 fully saturated rings. The Morgan fingerprint density at radius 2 is 2.43 bits per heavy atom. The average Bonchev–Trinajstić information content (AvgIpc) is 1.68. The molecule has 0 aliphatic rings. The van der Waals surface area contributed by atoms with E-state index in [1.165, 1.54) is 7.11 Å². The predicted molar refractivity (Wildman–Crippen MR) is 23.7 cm³/mol. The predicted octanol–water partition coefficient (Wildman–Crippen LogP) is 0.603. The molecular weight excluding hydrogens is 96.0 g/mol. The van der Waals surface area contributed by atoms with Gasteiger partial charge < -0.3 is 9.47 Å². The third-order valence-electron chi connectivity index (χ3n) is 0.387. The van der Waals surface area contributed by atoms with Gasteiger partial charge in [-0.3, -0.25) is 0 Å². The van der Waals surface area contributed by atoms with Gasteiger partial charge in [-0.15, -0.1) is 0 Å². The fourth-order valence-corrected chi connectivity index (χ4v) is 0.142. The first-order valence-corrected chi connectivity index (χ1v) is 1.81. The van der Waals surface area contributed by atoms with E-state index in [1.54, 1.807) is 0 Å². The van der Waals surface area contributed by atoms with Crippen molar-refractivity contribution in [3.8, 4) is 0 Å². The van der Waals surface area contributed by atoms with Crippen LogP contribution in [0.5, 0.6) is 0 Å². The standard InChI is InChI=1S/C4H7O3/c1-3-7-4(5)6-2/h1,3H2,2H3. The Balaban J connectivity index is 3.00. The summed E-state index contributed by atoms with van der Waals surface area (Å²) < 4.78 is 8.31.